The van der Waals surface area contributed by atoms with Crippen molar-refractivity contribution in [1.82, 2.24) is 14.2 Å². The molecule has 3 aromatic rings. The van der Waals surface area contributed by atoms with E-state index in [1.54, 1.807) is 13.1 Å². The first-order chi connectivity index (χ1) is 13.3. The molecule has 3 rings (SSSR count). The first kappa shape index (κ1) is 20.0. The molecule has 148 valence electrons. The zero-order valence-corrected chi connectivity index (χ0v) is 16.9. The molecular formula is C20H23N3O4S. The summed E-state index contributed by atoms with van der Waals surface area (Å²) in [7, 11) is -0.724. The van der Waals surface area contributed by atoms with Crippen LogP contribution in [0.15, 0.2) is 58.1 Å². The number of amides is 1. The zero-order valence-electron chi connectivity index (χ0n) is 16.1. The number of aryl methyl sites for hydroxylation is 1. The van der Waals surface area contributed by atoms with Gasteiger partial charge in [0.25, 0.3) is 0 Å². The number of aromatic nitrogens is 1. The number of carbonyl (C=O) groups excluding carboxylic acids is 1. The topological polar surface area (TPSA) is 83.7 Å². The summed E-state index contributed by atoms with van der Waals surface area (Å²) in [6, 6.07) is 10.7. The SMILES string of the molecule is CCc1oc2ccccc2c1CN(C)C(=O)CN(C)S(=O)(=O)c1cccnc1. The fourth-order valence-corrected chi connectivity index (χ4v) is 4.09. The third-order valence-corrected chi connectivity index (χ3v) is 6.41. The van der Waals surface area contributed by atoms with Crippen molar-refractivity contribution >= 4 is 26.9 Å². The molecule has 0 N–H and O–H groups in total. The molecular weight excluding hydrogens is 378 g/mol. The van der Waals surface area contributed by atoms with Crippen molar-refractivity contribution in [2.75, 3.05) is 20.6 Å². The molecule has 7 nitrogen and oxygen atoms in total. The summed E-state index contributed by atoms with van der Waals surface area (Å²) < 4.78 is 32.1. The maximum atomic E-state index is 12.7. The lowest BCUT2D eigenvalue weighted by Crippen LogP contribution is -2.39. The van der Waals surface area contributed by atoms with Gasteiger partial charge in [-0.05, 0) is 18.2 Å². The first-order valence-corrected chi connectivity index (χ1v) is 10.4. The van der Waals surface area contributed by atoms with E-state index in [1.807, 2.05) is 31.2 Å². The van der Waals surface area contributed by atoms with Crippen molar-refractivity contribution in [1.29, 1.82) is 0 Å². The minimum atomic E-state index is -3.77. The van der Waals surface area contributed by atoms with Crippen LogP contribution < -0.4 is 0 Å². The number of hydrogen-bond acceptors (Lipinski definition) is 5. The Labute approximate surface area is 164 Å². The number of fused-ring (bicyclic) bond motifs is 1. The first-order valence-electron chi connectivity index (χ1n) is 8.94. The summed E-state index contributed by atoms with van der Waals surface area (Å²) in [6.07, 6.45) is 3.48. The normalized spacial score (nSPS) is 11.9. The Morgan fingerprint density at radius 1 is 1.14 bits per heavy atom. The molecule has 0 radical (unpaired) electrons. The van der Waals surface area contributed by atoms with Gasteiger partial charge in [0.15, 0.2) is 0 Å². The minimum Gasteiger partial charge on any atom is -0.461 e. The Morgan fingerprint density at radius 3 is 2.57 bits per heavy atom. The van der Waals surface area contributed by atoms with Crippen LogP contribution in [0.5, 0.6) is 0 Å². The lowest BCUT2D eigenvalue weighted by Gasteiger charge is -2.22. The molecule has 2 heterocycles. The standard InChI is InChI=1S/C20H23N3O4S/c1-4-18-17(16-9-5-6-10-19(16)27-18)13-22(2)20(24)14-23(3)28(25,26)15-8-7-11-21-12-15/h5-12H,4,13-14H2,1-3H3. The molecule has 0 aliphatic carbocycles. The Morgan fingerprint density at radius 2 is 1.89 bits per heavy atom. The maximum absolute atomic E-state index is 12.7. The molecule has 0 atom stereocenters. The number of rotatable bonds is 7. The van der Waals surface area contributed by atoms with Crippen molar-refractivity contribution in [3.05, 3.63) is 60.1 Å². The highest BCUT2D eigenvalue weighted by Gasteiger charge is 2.25. The van der Waals surface area contributed by atoms with Crippen LogP contribution >= 0.6 is 0 Å². The summed E-state index contributed by atoms with van der Waals surface area (Å²) in [4.78, 5) is 18.1. The summed E-state index contributed by atoms with van der Waals surface area (Å²) in [5.41, 5.74) is 1.73. The molecule has 0 unspecified atom stereocenters. The third kappa shape index (κ3) is 3.93. The minimum absolute atomic E-state index is 0.0575. The smallest absolute Gasteiger partial charge is 0.244 e. The van der Waals surface area contributed by atoms with Gasteiger partial charge in [-0.1, -0.05) is 25.1 Å². The van der Waals surface area contributed by atoms with E-state index in [0.717, 1.165) is 26.6 Å². The number of furan rings is 1. The fraction of sp³-hybridized carbons (Fsp3) is 0.300. The van der Waals surface area contributed by atoms with Crippen LogP contribution in [-0.2, 0) is 27.8 Å². The second-order valence-electron chi connectivity index (χ2n) is 6.55. The summed E-state index contributed by atoms with van der Waals surface area (Å²) >= 11 is 0. The molecule has 0 saturated carbocycles. The van der Waals surface area contributed by atoms with Crippen molar-refractivity contribution in [2.45, 2.75) is 24.8 Å². The van der Waals surface area contributed by atoms with Crippen LogP contribution in [0.4, 0.5) is 0 Å². The van der Waals surface area contributed by atoms with Crippen LogP contribution in [0, 0.1) is 0 Å². The molecule has 0 aliphatic rings. The fourth-order valence-electron chi connectivity index (χ4n) is 3.01. The van der Waals surface area contributed by atoms with Crippen molar-refractivity contribution < 1.29 is 17.6 Å². The Balaban J connectivity index is 1.75. The highest BCUT2D eigenvalue weighted by Crippen LogP contribution is 2.27. The van der Waals surface area contributed by atoms with Gasteiger partial charge in [0.05, 0.1) is 6.54 Å². The number of sulfonamides is 1. The molecule has 0 fully saturated rings. The van der Waals surface area contributed by atoms with Gasteiger partial charge < -0.3 is 9.32 Å². The highest BCUT2D eigenvalue weighted by atomic mass is 32.2. The van der Waals surface area contributed by atoms with E-state index in [0.29, 0.717) is 13.0 Å². The highest BCUT2D eigenvalue weighted by molar-refractivity contribution is 7.89. The van der Waals surface area contributed by atoms with Crippen LogP contribution in [0.25, 0.3) is 11.0 Å². The van der Waals surface area contributed by atoms with E-state index in [-0.39, 0.29) is 17.3 Å². The Bertz CT molecular complexity index is 1080. The van der Waals surface area contributed by atoms with E-state index in [9.17, 15) is 13.2 Å². The summed E-state index contributed by atoms with van der Waals surface area (Å²) in [5.74, 6) is 0.527. The van der Waals surface area contributed by atoms with Crippen LogP contribution in [0.2, 0.25) is 0 Å². The van der Waals surface area contributed by atoms with Gasteiger partial charge in [-0.15, -0.1) is 0 Å². The summed E-state index contributed by atoms with van der Waals surface area (Å²) in [6.45, 7) is 2.09. The number of carbonyl (C=O) groups is 1. The van der Waals surface area contributed by atoms with Gasteiger partial charge >= 0.3 is 0 Å². The lowest BCUT2D eigenvalue weighted by molar-refractivity contribution is -0.130. The predicted molar refractivity (Wildman–Crippen MR) is 106 cm³/mol. The van der Waals surface area contributed by atoms with Gasteiger partial charge in [0.2, 0.25) is 15.9 Å². The molecule has 0 spiro atoms. The van der Waals surface area contributed by atoms with E-state index in [2.05, 4.69) is 4.98 Å². The number of likely N-dealkylation sites (N-methyl/N-ethyl adjacent to an activating group) is 2. The lowest BCUT2D eigenvalue weighted by atomic mass is 10.1. The molecule has 1 aromatic carbocycles. The molecule has 8 heteroatoms. The quantitative estimate of drug-likeness (QED) is 0.608. The number of hydrogen-bond donors (Lipinski definition) is 0. The average molecular weight is 401 g/mol. The monoisotopic (exact) mass is 401 g/mol. The van der Waals surface area contributed by atoms with Crippen LogP contribution in [0.1, 0.15) is 18.2 Å². The van der Waals surface area contributed by atoms with Gasteiger partial charge in [0, 0.05) is 50.4 Å². The largest absolute Gasteiger partial charge is 0.461 e. The molecule has 0 bridgehead atoms. The Kier molecular flexibility index (Phi) is 5.81. The van der Waals surface area contributed by atoms with Crippen molar-refractivity contribution in [3.8, 4) is 0 Å². The van der Waals surface area contributed by atoms with E-state index in [4.69, 9.17) is 4.42 Å². The van der Waals surface area contributed by atoms with Crippen LogP contribution in [0.3, 0.4) is 0 Å². The second-order valence-corrected chi connectivity index (χ2v) is 8.60. The summed E-state index contributed by atoms with van der Waals surface area (Å²) in [5, 5.41) is 0.968. The molecule has 2 aromatic heterocycles. The third-order valence-electron chi connectivity index (χ3n) is 4.62. The maximum Gasteiger partial charge on any atom is 0.244 e. The second kappa shape index (κ2) is 8.12. The number of nitrogens with zero attached hydrogens (tertiary/aromatic N) is 3. The molecule has 0 aliphatic heterocycles. The molecule has 0 saturated heterocycles. The molecule has 1 amide bonds. The average Bonchev–Trinajstić information content (AvgIpc) is 3.06. The predicted octanol–water partition coefficient (Wildman–Crippen LogP) is 2.67. The van der Waals surface area contributed by atoms with Gasteiger partial charge in [-0.2, -0.15) is 4.31 Å². The van der Waals surface area contributed by atoms with Crippen LogP contribution in [-0.4, -0.2) is 49.2 Å². The van der Waals surface area contributed by atoms with Crippen molar-refractivity contribution in [2.24, 2.45) is 0 Å². The number of pyridine rings is 1. The molecule has 28 heavy (non-hydrogen) atoms. The zero-order chi connectivity index (χ0) is 20.3. The van der Waals surface area contributed by atoms with Crippen molar-refractivity contribution in [3.63, 3.8) is 0 Å². The van der Waals surface area contributed by atoms with E-state index < -0.39 is 10.0 Å². The number of para-hydroxylation sites is 1. The van der Waals surface area contributed by atoms with E-state index in [1.165, 1.54) is 30.4 Å². The van der Waals surface area contributed by atoms with Gasteiger partial charge in [-0.3, -0.25) is 9.78 Å². The number of benzene rings is 1. The Hall–Kier alpha value is -2.71. The van der Waals surface area contributed by atoms with E-state index >= 15 is 0 Å². The van der Waals surface area contributed by atoms with Gasteiger partial charge in [0.1, 0.15) is 16.2 Å². The van der Waals surface area contributed by atoms with Gasteiger partial charge in [-0.25, -0.2) is 8.42 Å².